The van der Waals surface area contributed by atoms with Crippen molar-refractivity contribution in [1.29, 1.82) is 0 Å². The zero-order valence-electron chi connectivity index (χ0n) is 19.0. The van der Waals surface area contributed by atoms with Crippen molar-refractivity contribution < 1.29 is 23.8 Å². The normalized spacial score (nSPS) is 17.3. The largest absolute Gasteiger partial charge is 0.513 e. The van der Waals surface area contributed by atoms with Crippen LogP contribution in [0.15, 0.2) is 42.2 Å². The molecule has 0 N–H and O–H groups in total. The standard InChI is InChI=1S/C25H26Cl2O5/c1-7-14-8-9-15(17-11-10-16(26)13-19(17)27)12-18(14)20-21(28)24(2,3)32-25(4,5)22(20)31-23(29)30-6/h8-13H,7H2,1-6H3. The van der Waals surface area contributed by atoms with Crippen LogP contribution in [-0.4, -0.2) is 30.3 Å². The third-order valence-corrected chi connectivity index (χ3v) is 5.96. The highest BCUT2D eigenvalue weighted by molar-refractivity contribution is 6.36. The summed E-state index contributed by atoms with van der Waals surface area (Å²) in [5.74, 6) is -0.174. The van der Waals surface area contributed by atoms with E-state index in [2.05, 4.69) is 0 Å². The van der Waals surface area contributed by atoms with Gasteiger partial charge in [0, 0.05) is 15.6 Å². The molecule has 0 unspecified atom stereocenters. The Morgan fingerprint density at radius 3 is 2.28 bits per heavy atom. The molecule has 1 heterocycles. The first-order chi connectivity index (χ1) is 14.9. The Hall–Kier alpha value is -2.34. The summed E-state index contributed by atoms with van der Waals surface area (Å²) in [4.78, 5) is 25.6. The van der Waals surface area contributed by atoms with Crippen molar-refractivity contribution in [3.63, 3.8) is 0 Å². The van der Waals surface area contributed by atoms with E-state index in [4.69, 9.17) is 37.4 Å². The first kappa shape index (κ1) is 24.3. The van der Waals surface area contributed by atoms with Gasteiger partial charge >= 0.3 is 6.16 Å². The number of halogens is 2. The van der Waals surface area contributed by atoms with Gasteiger partial charge in [-0.05, 0) is 69.0 Å². The second kappa shape index (κ2) is 8.89. The van der Waals surface area contributed by atoms with Gasteiger partial charge in [-0.25, -0.2) is 4.79 Å². The molecule has 0 atom stereocenters. The molecule has 0 amide bonds. The SMILES string of the molecule is CCc1ccc(-c2ccc(Cl)cc2Cl)cc1C1=C(OC(=O)OC)C(C)(C)OC(C)(C)C1=O. The summed E-state index contributed by atoms with van der Waals surface area (Å²) >= 11 is 12.5. The molecule has 2 aromatic rings. The molecule has 0 radical (unpaired) electrons. The molecule has 0 saturated carbocycles. The van der Waals surface area contributed by atoms with Crippen LogP contribution in [0.25, 0.3) is 16.7 Å². The first-order valence-corrected chi connectivity index (χ1v) is 11.0. The lowest BCUT2D eigenvalue weighted by Crippen LogP contribution is -2.50. The van der Waals surface area contributed by atoms with E-state index < -0.39 is 17.4 Å². The predicted molar refractivity (Wildman–Crippen MR) is 126 cm³/mol. The number of Topliss-reactive ketones (excluding diaryl/α,β-unsaturated/α-hetero) is 1. The fraction of sp³-hybridized carbons (Fsp3) is 0.360. The van der Waals surface area contributed by atoms with E-state index in [0.29, 0.717) is 27.6 Å². The summed E-state index contributed by atoms with van der Waals surface area (Å²) < 4.78 is 16.2. The lowest BCUT2D eigenvalue weighted by atomic mass is 9.80. The second-order valence-corrected chi connectivity index (χ2v) is 9.41. The molecule has 1 aliphatic heterocycles. The number of carbonyl (C=O) groups is 2. The van der Waals surface area contributed by atoms with Gasteiger partial charge in [0.25, 0.3) is 0 Å². The summed E-state index contributed by atoms with van der Waals surface area (Å²) in [6.07, 6.45) is -0.259. The van der Waals surface area contributed by atoms with Gasteiger partial charge in [-0.1, -0.05) is 48.3 Å². The van der Waals surface area contributed by atoms with E-state index in [-0.39, 0.29) is 11.5 Å². The van der Waals surface area contributed by atoms with Gasteiger partial charge in [0.05, 0.1) is 12.7 Å². The zero-order valence-corrected chi connectivity index (χ0v) is 20.5. The van der Waals surface area contributed by atoms with Gasteiger partial charge < -0.3 is 14.2 Å². The maximum atomic E-state index is 13.6. The second-order valence-electron chi connectivity index (χ2n) is 8.56. The van der Waals surface area contributed by atoms with E-state index in [1.165, 1.54) is 7.11 Å². The Balaban J connectivity index is 2.33. The molecule has 0 spiro atoms. The molecule has 0 saturated heterocycles. The van der Waals surface area contributed by atoms with E-state index in [1.807, 2.05) is 31.2 Å². The van der Waals surface area contributed by atoms with Crippen LogP contribution in [0, 0.1) is 0 Å². The molecule has 170 valence electrons. The number of hydrogen-bond acceptors (Lipinski definition) is 5. The molecule has 1 aliphatic rings. The topological polar surface area (TPSA) is 61.8 Å². The minimum Gasteiger partial charge on any atom is -0.437 e. The lowest BCUT2D eigenvalue weighted by molar-refractivity contribution is -0.158. The maximum Gasteiger partial charge on any atom is 0.513 e. The Morgan fingerprint density at radius 2 is 1.69 bits per heavy atom. The Bertz CT molecular complexity index is 1120. The zero-order chi connectivity index (χ0) is 23.8. The molecular weight excluding hydrogens is 451 g/mol. The molecule has 0 fully saturated rings. The summed E-state index contributed by atoms with van der Waals surface area (Å²) in [6.45, 7) is 8.92. The molecule has 0 aromatic heterocycles. The Labute approximate surface area is 198 Å². The van der Waals surface area contributed by atoms with Gasteiger partial charge in [0.1, 0.15) is 11.2 Å². The Morgan fingerprint density at radius 1 is 1.00 bits per heavy atom. The quantitative estimate of drug-likeness (QED) is 0.450. The molecule has 0 bridgehead atoms. The minimum absolute atomic E-state index is 0.114. The van der Waals surface area contributed by atoms with Crippen LogP contribution in [-0.2, 0) is 25.4 Å². The monoisotopic (exact) mass is 476 g/mol. The molecule has 7 heteroatoms. The smallest absolute Gasteiger partial charge is 0.437 e. The van der Waals surface area contributed by atoms with Crippen molar-refractivity contribution in [1.82, 2.24) is 0 Å². The highest BCUT2D eigenvalue weighted by Crippen LogP contribution is 2.44. The van der Waals surface area contributed by atoms with Crippen LogP contribution in [0.4, 0.5) is 4.79 Å². The molecule has 3 rings (SSSR count). The number of rotatable bonds is 4. The Kier molecular flexibility index (Phi) is 6.75. The average molecular weight is 477 g/mol. The maximum absolute atomic E-state index is 13.6. The molecule has 2 aromatic carbocycles. The number of methoxy groups -OCH3 is 1. The van der Waals surface area contributed by atoms with Crippen LogP contribution in [0.1, 0.15) is 45.7 Å². The van der Waals surface area contributed by atoms with Gasteiger partial charge in [-0.3, -0.25) is 4.79 Å². The van der Waals surface area contributed by atoms with Gasteiger partial charge in [0.2, 0.25) is 0 Å². The highest BCUT2D eigenvalue weighted by Gasteiger charge is 2.49. The van der Waals surface area contributed by atoms with Crippen LogP contribution in [0.5, 0.6) is 0 Å². The number of ketones is 1. The van der Waals surface area contributed by atoms with Crippen LogP contribution >= 0.6 is 23.2 Å². The number of carbonyl (C=O) groups excluding carboxylic acids is 2. The van der Waals surface area contributed by atoms with Crippen molar-refractivity contribution in [2.45, 2.75) is 52.2 Å². The highest BCUT2D eigenvalue weighted by atomic mass is 35.5. The van der Waals surface area contributed by atoms with Crippen molar-refractivity contribution in [3.8, 4) is 11.1 Å². The van der Waals surface area contributed by atoms with Crippen molar-refractivity contribution in [2.24, 2.45) is 0 Å². The molecule has 32 heavy (non-hydrogen) atoms. The molecular formula is C25H26Cl2O5. The summed E-state index contributed by atoms with van der Waals surface area (Å²) in [6, 6.07) is 11.0. The molecule has 5 nitrogen and oxygen atoms in total. The van der Waals surface area contributed by atoms with Crippen LogP contribution < -0.4 is 0 Å². The van der Waals surface area contributed by atoms with Crippen LogP contribution in [0.2, 0.25) is 10.0 Å². The van der Waals surface area contributed by atoms with Gasteiger partial charge in [-0.2, -0.15) is 0 Å². The first-order valence-electron chi connectivity index (χ1n) is 10.3. The number of ether oxygens (including phenoxy) is 3. The number of benzene rings is 2. The summed E-state index contributed by atoms with van der Waals surface area (Å²) in [5.41, 5.74) is 1.26. The van der Waals surface area contributed by atoms with Gasteiger partial charge in [-0.15, -0.1) is 0 Å². The fourth-order valence-corrected chi connectivity index (χ4v) is 4.51. The van der Waals surface area contributed by atoms with Crippen molar-refractivity contribution >= 4 is 40.7 Å². The number of hydrogen-bond donors (Lipinski definition) is 0. The van der Waals surface area contributed by atoms with Crippen LogP contribution in [0.3, 0.4) is 0 Å². The third kappa shape index (κ3) is 4.56. The average Bonchev–Trinajstić information content (AvgIpc) is 2.71. The summed E-state index contributed by atoms with van der Waals surface area (Å²) in [7, 11) is 1.21. The van der Waals surface area contributed by atoms with E-state index in [9.17, 15) is 9.59 Å². The molecule has 0 aliphatic carbocycles. The van der Waals surface area contributed by atoms with Crippen molar-refractivity contribution in [3.05, 3.63) is 63.3 Å². The lowest BCUT2D eigenvalue weighted by Gasteiger charge is -2.42. The van der Waals surface area contributed by atoms with E-state index in [0.717, 1.165) is 16.7 Å². The van der Waals surface area contributed by atoms with Gasteiger partial charge in [0.15, 0.2) is 11.5 Å². The van der Waals surface area contributed by atoms with E-state index in [1.54, 1.807) is 39.8 Å². The fourth-order valence-electron chi connectivity index (χ4n) is 3.99. The van der Waals surface area contributed by atoms with Crippen molar-refractivity contribution in [2.75, 3.05) is 7.11 Å². The third-order valence-electron chi connectivity index (χ3n) is 5.41. The van der Waals surface area contributed by atoms with E-state index >= 15 is 0 Å². The summed E-state index contributed by atoms with van der Waals surface area (Å²) in [5, 5.41) is 1.02. The minimum atomic E-state index is -1.12. The number of aryl methyl sites for hydroxylation is 1. The predicted octanol–water partition coefficient (Wildman–Crippen LogP) is 6.87.